The predicted molar refractivity (Wildman–Crippen MR) is 113 cm³/mol. The lowest BCUT2D eigenvalue weighted by Crippen LogP contribution is -2.42. The number of hydrogen-bond acceptors (Lipinski definition) is 3. The van der Waals surface area contributed by atoms with Crippen LogP contribution in [0.1, 0.15) is 36.0 Å². The molecule has 8 heteroatoms. The van der Waals surface area contributed by atoms with Crippen LogP contribution in [0.2, 0.25) is 0 Å². The van der Waals surface area contributed by atoms with E-state index in [0.717, 1.165) is 41.8 Å². The van der Waals surface area contributed by atoms with Crippen molar-refractivity contribution < 1.29 is 22.8 Å². The number of hydrogen-bond donors (Lipinski definition) is 1. The van der Waals surface area contributed by atoms with Crippen LogP contribution in [0.25, 0.3) is 0 Å². The summed E-state index contributed by atoms with van der Waals surface area (Å²) in [6.07, 6.45) is -2.12. The number of halogens is 3. The standard InChI is InChI=1S/C23H22F3N3O2/c1-13-10-19-20(11-14(13)2)29(22(31)17-4-3-5-18(17)28-19)12-21(30)27-16-8-6-15(7-9-16)23(24,25)26/h6-11,17H,3-5,12H2,1-2H3,(H,27,30)/t17-/m0/s1. The van der Waals surface area contributed by atoms with Crippen LogP contribution in [0.15, 0.2) is 41.4 Å². The molecule has 1 heterocycles. The summed E-state index contributed by atoms with van der Waals surface area (Å²) in [5.41, 5.74) is 3.56. The molecule has 162 valence electrons. The molecule has 0 spiro atoms. The highest BCUT2D eigenvalue weighted by atomic mass is 19.4. The van der Waals surface area contributed by atoms with Crippen LogP contribution in [0.3, 0.4) is 0 Å². The zero-order chi connectivity index (χ0) is 22.3. The summed E-state index contributed by atoms with van der Waals surface area (Å²) in [4.78, 5) is 32.2. The van der Waals surface area contributed by atoms with Gasteiger partial charge < -0.3 is 10.2 Å². The van der Waals surface area contributed by atoms with E-state index in [-0.39, 0.29) is 24.1 Å². The van der Waals surface area contributed by atoms with Crippen LogP contribution < -0.4 is 10.2 Å². The second kappa shape index (κ2) is 7.83. The number of benzene rings is 2. The van der Waals surface area contributed by atoms with Crippen molar-refractivity contribution in [2.75, 3.05) is 16.8 Å². The molecule has 1 aliphatic carbocycles. The van der Waals surface area contributed by atoms with Crippen LogP contribution in [0.5, 0.6) is 0 Å². The van der Waals surface area contributed by atoms with Crippen molar-refractivity contribution in [3.63, 3.8) is 0 Å². The minimum absolute atomic E-state index is 0.166. The highest BCUT2D eigenvalue weighted by molar-refractivity contribution is 6.16. The van der Waals surface area contributed by atoms with Crippen LogP contribution >= 0.6 is 0 Å². The monoisotopic (exact) mass is 429 g/mol. The number of nitrogens with one attached hydrogen (secondary N) is 1. The Kier molecular flexibility index (Phi) is 5.33. The van der Waals surface area contributed by atoms with Gasteiger partial charge in [-0.15, -0.1) is 0 Å². The van der Waals surface area contributed by atoms with Gasteiger partial charge >= 0.3 is 6.18 Å². The largest absolute Gasteiger partial charge is 0.416 e. The van der Waals surface area contributed by atoms with Gasteiger partial charge in [0, 0.05) is 11.4 Å². The number of carbonyl (C=O) groups excluding carboxylic acids is 2. The van der Waals surface area contributed by atoms with E-state index in [1.807, 2.05) is 26.0 Å². The summed E-state index contributed by atoms with van der Waals surface area (Å²) in [6, 6.07) is 8.00. The molecule has 5 nitrogen and oxygen atoms in total. The zero-order valence-corrected chi connectivity index (χ0v) is 17.2. The fourth-order valence-corrected chi connectivity index (χ4v) is 4.03. The van der Waals surface area contributed by atoms with Crippen LogP contribution in [-0.4, -0.2) is 24.1 Å². The molecule has 1 N–H and O–H groups in total. The van der Waals surface area contributed by atoms with Crippen molar-refractivity contribution in [2.24, 2.45) is 10.9 Å². The first kappa shape index (κ1) is 21.1. The van der Waals surface area contributed by atoms with Gasteiger partial charge in [0.05, 0.1) is 22.9 Å². The second-order valence-electron chi connectivity index (χ2n) is 8.02. The maximum absolute atomic E-state index is 13.3. The van der Waals surface area contributed by atoms with E-state index in [1.54, 1.807) is 0 Å². The highest BCUT2D eigenvalue weighted by Crippen LogP contribution is 2.39. The molecule has 2 aromatic rings. The lowest BCUT2D eigenvalue weighted by molar-refractivity contribution is -0.137. The molecule has 2 amide bonds. The first-order valence-electron chi connectivity index (χ1n) is 10.1. The smallest absolute Gasteiger partial charge is 0.325 e. The molecule has 0 saturated heterocycles. The Bertz CT molecular complexity index is 1070. The van der Waals surface area contributed by atoms with Gasteiger partial charge in [0.1, 0.15) is 6.54 Å². The molecule has 0 radical (unpaired) electrons. The summed E-state index contributed by atoms with van der Waals surface area (Å²) < 4.78 is 38.2. The maximum Gasteiger partial charge on any atom is 0.416 e. The van der Waals surface area contributed by atoms with Gasteiger partial charge in [0.15, 0.2) is 0 Å². The van der Waals surface area contributed by atoms with E-state index < -0.39 is 17.6 Å². The number of anilines is 2. The van der Waals surface area contributed by atoms with Crippen molar-refractivity contribution in [3.05, 3.63) is 53.1 Å². The molecule has 2 aromatic carbocycles. The number of alkyl halides is 3. The summed E-state index contributed by atoms with van der Waals surface area (Å²) in [7, 11) is 0. The van der Waals surface area contributed by atoms with Crippen LogP contribution in [0.4, 0.5) is 30.2 Å². The Balaban J connectivity index is 1.59. The molecule has 1 atom stereocenters. The summed E-state index contributed by atoms with van der Waals surface area (Å²) in [5.74, 6) is -0.994. The molecule has 1 saturated carbocycles. The van der Waals surface area contributed by atoms with Gasteiger partial charge in [-0.25, -0.2) is 0 Å². The first-order valence-corrected chi connectivity index (χ1v) is 10.1. The van der Waals surface area contributed by atoms with Crippen molar-refractivity contribution in [1.29, 1.82) is 0 Å². The number of carbonyl (C=O) groups is 2. The van der Waals surface area contributed by atoms with Gasteiger partial charge in [-0.3, -0.25) is 14.6 Å². The second-order valence-corrected chi connectivity index (χ2v) is 8.02. The molecular weight excluding hydrogens is 407 g/mol. The average molecular weight is 429 g/mol. The number of aliphatic imine (C=N–C) groups is 1. The van der Waals surface area contributed by atoms with Crippen molar-refractivity contribution in [3.8, 4) is 0 Å². The third-order valence-electron chi connectivity index (χ3n) is 5.84. The number of fused-ring (bicyclic) bond motifs is 2. The van der Waals surface area contributed by atoms with Crippen LogP contribution in [0, 0.1) is 19.8 Å². The Morgan fingerprint density at radius 2 is 1.84 bits per heavy atom. The maximum atomic E-state index is 13.3. The molecule has 0 bridgehead atoms. The predicted octanol–water partition coefficient (Wildman–Crippen LogP) is 5.18. The quantitative estimate of drug-likeness (QED) is 0.731. The number of rotatable bonds is 3. The molecule has 0 aromatic heterocycles. The third kappa shape index (κ3) is 4.19. The Morgan fingerprint density at radius 3 is 2.52 bits per heavy atom. The molecule has 4 rings (SSSR count). The van der Waals surface area contributed by atoms with Crippen LogP contribution in [-0.2, 0) is 15.8 Å². The Labute approximate surface area is 178 Å². The zero-order valence-electron chi connectivity index (χ0n) is 17.2. The Morgan fingerprint density at radius 1 is 1.16 bits per heavy atom. The minimum atomic E-state index is -4.44. The molecule has 31 heavy (non-hydrogen) atoms. The fourth-order valence-electron chi connectivity index (χ4n) is 4.03. The number of nitrogens with zero attached hydrogens (tertiary/aromatic N) is 2. The molecule has 0 unspecified atom stereocenters. The average Bonchev–Trinajstić information content (AvgIpc) is 3.13. The van der Waals surface area contributed by atoms with Gasteiger partial charge in [0.25, 0.3) is 0 Å². The van der Waals surface area contributed by atoms with E-state index in [9.17, 15) is 22.8 Å². The van der Waals surface area contributed by atoms with Gasteiger partial charge in [0.2, 0.25) is 11.8 Å². The van der Waals surface area contributed by atoms with Crippen molar-refractivity contribution >= 4 is 34.6 Å². The van der Waals surface area contributed by atoms with E-state index >= 15 is 0 Å². The lowest BCUT2D eigenvalue weighted by atomic mass is 10.0. The fraction of sp³-hybridized carbons (Fsp3) is 0.348. The molecule has 1 fully saturated rings. The lowest BCUT2D eigenvalue weighted by Gasteiger charge is -2.25. The van der Waals surface area contributed by atoms with Gasteiger partial charge in [-0.1, -0.05) is 0 Å². The van der Waals surface area contributed by atoms with E-state index in [4.69, 9.17) is 4.99 Å². The Hall–Kier alpha value is -3.16. The van der Waals surface area contributed by atoms with Crippen molar-refractivity contribution in [1.82, 2.24) is 0 Å². The summed E-state index contributed by atoms with van der Waals surface area (Å²) in [5, 5.41) is 2.59. The van der Waals surface area contributed by atoms with E-state index in [2.05, 4.69) is 5.32 Å². The normalized spacial score (nSPS) is 18.2. The van der Waals surface area contributed by atoms with Gasteiger partial charge in [-0.05, 0) is 80.6 Å². The SMILES string of the molecule is Cc1cc2c(cc1C)N(CC(=O)Nc1ccc(C(F)(F)F)cc1)C(=O)[C@H]1CCCC1=N2. The summed E-state index contributed by atoms with van der Waals surface area (Å²) >= 11 is 0. The minimum Gasteiger partial charge on any atom is -0.325 e. The van der Waals surface area contributed by atoms with E-state index in [0.29, 0.717) is 17.8 Å². The molecule has 2 aliphatic rings. The van der Waals surface area contributed by atoms with E-state index in [1.165, 1.54) is 17.0 Å². The topological polar surface area (TPSA) is 61.8 Å². The third-order valence-corrected chi connectivity index (χ3v) is 5.84. The van der Waals surface area contributed by atoms with Gasteiger partial charge in [-0.2, -0.15) is 13.2 Å². The van der Waals surface area contributed by atoms with Crippen molar-refractivity contribution in [2.45, 2.75) is 39.3 Å². The molecule has 1 aliphatic heterocycles. The highest BCUT2D eigenvalue weighted by Gasteiger charge is 2.37. The number of aryl methyl sites for hydroxylation is 2. The first-order chi connectivity index (χ1) is 14.6. The number of amides is 2. The molecular formula is C23H22F3N3O2. The summed E-state index contributed by atoms with van der Waals surface area (Å²) in [6.45, 7) is 3.66.